The molecule has 0 radical (unpaired) electrons. The van der Waals surface area contributed by atoms with Crippen LogP contribution in [-0.4, -0.2) is 10.7 Å². The molecular formula is C22H14Cl2FN3S2. The summed E-state index contributed by atoms with van der Waals surface area (Å²) in [5.41, 5.74) is 3.71. The highest BCUT2D eigenvalue weighted by molar-refractivity contribution is 7.14. The van der Waals surface area contributed by atoms with Crippen molar-refractivity contribution in [3.63, 3.8) is 0 Å². The SMILES string of the molecule is Fc1ccc([C@H]2CC(c3cccs3)=NN2c2nc(-c3ccc(Cl)c(Cl)c3)cs2)cc1. The minimum atomic E-state index is -0.251. The van der Waals surface area contributed by atoms with Crippen molar-refractivity contribution in [3.8, 4) is 11.3 Å². The third-order valence-corrected chi connectivity index (χ3v) is 7.36. The molecule has 0 saturated heterocycles. The molecule has 4 aromatic rings. The minimum Gasteiger partial charge on any atom is -0.231 e. The lowest BCUT2D eigenvalue weighted by molar-refractivity contribution is 0.624. The molecule has 0 aliphatic carbocycles. The van der Waals surface area contributed by atoms with Gasteiger partial charge >= 0.3 is 0 Å². The average molecular weight is 474 g/mol. The Morgan fingerprint density at radius 2 is 1.83 bits per heavy atom. The summed E-state index contributed by atoms with van der Waals surface area (Å²) in [7, 11) is 0. The summed E-state index contributed by atoms with van der Waals surface area (Å²) in [6.45, 7) is 0. The highest BCUT2D eigenvalue weighted by atomic mass is 35.5. The van der Waals surface area contributed by atoms with Crippen molar-refractivity contribution in [2.75, 3.05) is 5.01 Å². The maximum absolute atomic E-state index is 13.5. The maximum atomic E-state index is 13.5. The molecule has 0 spiro atoms. The number of hydrogen-bond acceptors (Lipinski definition) is 5. The second kappa shape index (κ2) is 8.12. The van der Waals surface area contributed by atoms with Gasteiger partial charge in [0, 0.05) is 17.4 Å². The van der Waals surface area contributed by atoms with Crippen molar-refractivity contribution in [2.45, 2.75) is 12.5 Å². The van der Waals surface area contributed by atoms with E-state index in [9.17, 15) is 4.39 Å². The van der Waals surface area contributed by atoms with Gasteiger partial charge in [0.2, 0.25) is 5.13 Å². The van der Waals surface area contributed by atoms with E-state index in [-0.39, 0.29) is 11.9 Å². The van der Waals surface area contributed by atoms with Gasteiger partial charge in [0.1, 0.15) is 5.82 Å². The first kappa shape index (κ1) is 19.7. The number of halogens is 3. The molecule has 0 amide bonds. The number of thiazole rings is 1. The van der Waals surface area contributed by atoms with E-state index in [0.29, 0.717) is 10.0 Å². The summed E-state index contributed by atoms with van der Waals surface area (Å²) >= 11 is 15.4. The van der Waals surface area contributed by atoms with E-state index >= 15 is 0 Å². The zero-order valence-electron chi connectivity index (χ0n) is 15.4. The van der Waals surface area contributed by atoms with E-state index in [1.165, 1.54) is 23.5 Å². The Morgan fingerprint density at radius 3 is 2.57 bits per heavy atom. The Balaban J connectivity index is 1.53. The highest BCUT2D eigenvalue weighted by Crippen LogP contribution is 2.40. The zero-order valence-corrected chi connectivity index (χ0v) is 18.6. The van der Waals surface area contributed by atoms with E-state index in [2.05, 4.69) is 6.07 Å². The van der Waals surface area contributed by atoms with Crippen LogP contribution in [0.2, 0.25) is 10.0 Å². The molecule has 0 fully saturated rings. The van der Waals surface area contributed by atoms with Crippen molar-refractivity contribution in [1.82, 2.24) is 4.98 Å². The number of anilines is 1. The molecule has 0 N–H and O–H groups in total. The Morgan fingerprint density at radius 1 is 1.00 bits per heavy atom. The molecule has 1 aliphatic heterocycles. The Kier molecular flexibility index (Phi) is 5.33. The van der Waals surface area contributed by atoms with Crippen LogP contribution in [0.3, 0.4) is 0 Å². The van der Waals surface area contributed by atoms with Gasteiger partial charge < -0.3 is 0 Å². The van der Waals surface area contributed by atoms with Crippen LogP contribution in [0.15, 0.2) is 70.5 Å². The van der Waals surface area contributed by atoms with E-state index in [0.717, 1.165) is 39.0 Å². The first-order valence-electron chi connectivity index (χ1n) is 9.15. The zero-order chi connectivity index (χ0) is 20.7. The summed E-state index contributed by atoms with van der Waals surface area (Å²) in [4.78, 5) is 5.94. The Labute approximate surface area is 191 Å². The quantitative estimate of drug-likeness (QED) is 0.304. The molecule has 0 saturated carbocycles. The standard InChI is InChI=1S/C22H14Cl2FN3S2/c23-16-8-5-14(10-17(16)24)19-12-30-22(26-19)28-20(13-3-6-15(25)7-4-13)11-18(27-28)21-2-1-9-29-21/h1-10,12,20H,11H2/t20-/m1/s1. The largest absolute Gasteiger partial charge is 0.231 e. The number of nitrogens with zero attached hydrogens (tertiary/aromatic N) is 3. The van der Waals surface area contributed by atoms with Crippen molar-refractivity contribution >= 4 is 56.7 Å². The van der Waals surface area contributed by atoms with Crippen LogP contribution in [-0.2, 0) is 0 Å². The van der Waals surface area contributed by atoms with Crippen LogP contribution in [0.5, 0.6) is 0 Å². The van der Waals surface area contributed by atoms with Gasteiger partial charge in [-0.3, -0.25) is 0 Å². The van der Waals surface area contributed by atoms with E-state index in [4.69, 9.17) is 33.3 Å². The molecule has 1 atom stereocenters. The molecule has 150 valence electrons. The number of thiophene rings is 1. The van der Waals surface area contributed by atoms with Crippen molar-refractivity contribution in [3.05, 3.63) is 91.7 Å². The van der Waals surface area contributed by atoms with Crippen LogP contribution < -0.4 is 5.01 Å². The number of benzene rings is 2. The lowest BCUT2D eigenvalue weighted by Crippen LogP contribution is -2.18. The Bertz CT molecular complexity index is 1220. The molecule has 8 heteroatoms. The van der Waals surface area contributed by atoms with Crippen molar-refractivity contribution in [2.24, 2.45) is 5.10 Å². The maximum Gasteiger partial charge on any atom is 0.207 e. The molecule has 3 heterocycles. The summed E-state index contributed by atoms with van der Waals surface area (Å²) in [5, 5.41) is 12.6. The molecule has 1 aliphatic rings. The third-order valence-electron chi connectivity index (χ3n) is 4.87. The van der Waals surface area contributed by atoms with Gasteiger partial charge in [0.25, 0.3) is 0 Å². The fourth-order valence-electron chi connectivity index (χ4n) is 3.38. The van der Waals surface area contributed by atoms with E-state index < -0.39 is 0 Å². The number of aromatic nitrogens is 1. The molecule has 0 unspecified atom stereocenters. The summed E-state index contributed by atoms with van der Waals surface area (Å²) in [5.74, 6) is -0.251. The highest BCUT2D eigenvalue weighted by Gasteiger charge is 2.32. The van der Waals surface area contributed by atoms with Gasteiger partial charge in [-0.05, 0) is 41.3 Å². The monoisotopic (exact) mass is 473 g/mol. The summed E-state index contributed by atoms with van der Waals surface area (Å²) in [6, 6.07) is 16.1. The van der Waals surface area contributed by atoms with Gasteiger partial charge in [-0.15, -0.1) is 22.7 Å². The predicted octanol–water partition coefficient (Wildman–Crippen LogP) is 7.67. The number of rotatable bonds is 4. The van der Waals surface area contributed by atoms with Crippen molar-refractivity contribution < 1.29 is 4.39 Å². The van der Waals surface area contributed by atoms with Crippen LogP contribution in [0.4, 0.5) is 9.52 Å². The molecule has 2 aromatic carbocycles. The molecule has 0 bridgehead atoms. The first-order chi connectivity index (χ1) is 14.6. The van der Waals surface area contributed by atoms with Gasteiger partial charge in [-0.25, -0.2) is 14.4 Å². The molecular weight excluding hydrogens is 460 g/mol. The normalized spacial score (nSPS) is 16.2. The summed E-state index contributed by atoms with van der Waals surface area (Å²) < 4.78 is 13.5. The third kappa shape index (κ3) is 3.76. The van der Waals surface area contributed by atoms with Crippen LogP contribution in [0.25, 0.3) is 11.3 Å². The fraction of sp³-hybridized carbons (Fsp3) is 0.0909. The van der Waals surface area contributed by atoms with E-state index in [1.807, 2.05) is 46.1 Å². The predicted molar refractivity (Wildman–Crippen MR) is 125 cm³/mol. The van der Waals surface area contributed by atoms with Crippen molar-refractivity contribution in [1.29, 1.82) is 0 Å². The fourth-order valence-corrected chi connectivity index (χ4v) is 5.23. The van der Waals surface area contributed by atoms with Crippen LogP contribution in [0, 0.1) is 5.82 Å². The lowest BCUT2D eigenvalue weighted by atomic mass is 10.0. The van der Waals surface area contributed by atoms with E-state index in [1.54, 1.807) is 17.4 Å². The molecule has 30 heavy (non-hydrogen) atoms. The minimum absolute atomic E-state index is 0.0458. The first-order valence-corrected chi connectivity index (χ1v) is 11.7. The van der Waals surface area contributed by atoms with Gasteiger partial charge in [-0.1, -0.05) is 47.5 Å². The lowest BCUT2D eigenvalue weighted by Gasteiger charge is -2.21. The van der Waals surface area contributed by atoms with Crippen LogP contribution in [0.1, 0.15) is 22.9 Å². The number of hydrazone groups is 1. The second-order valence-electron chi connectivity index (χ2n) is 6.78. The second-order valence-corrected chi connectivity index (χ2v) is 9.38. The Hall–Kier alpha value is -2.25. The molecule has 3 nitrogen and oxygen atoms in total. The topological polar surface area (TPSA) is 28.5 Å². The van der Waals surface area contributed by atoms with Gasteiger partial charge in [0.05, 0.1) is 32.4 Å². The smallest absolute Gasteiger partial charge is 0.207 e. The van der Waals surface area contributed by atoms with Gasteiger partial charge in [0.15, 0.2) is 0 Å². The van der Waals surface area contributed by atoms with Crippen LogP contribution >= 0.6 is 45.9 Å². The van der Waals surface area contributed by atoms with Gasteiger partial charge in [-0.2, -0.15) is 5.10 Å². The molecule has 5 rings (SSSR count). The average Bonchev–Trinajstić information content (AvgIpc) is 3.50. The number of hydrogen-bond donors (Lipinski definition) is 0. The molecule has 2 aromatic heterocycles. The summed E-state index contributed by atoms with van der Waals surface area (Å²) in [6.07, 6.45) is 0.730.